The van der Waals surface area contributed by atoms with Crippen molar-refractivity contribution in [1.82, 2.24) is 40.9 Å². The molecule has 74 heavy (non-hydrogen) atoms. The first-order valence-electron chi connectivity index (χ1n) is 24.3. The largest absolute Gasteiger partial charge is 0.378 e. The average Bonchev–Trinajstić information content (AvgIpc) is 3.36. The summed E-state index contributed by atoms with van der Waals surface area (Å²) in [5, 5.41) is 16.2. The van der Waals surface area contributed by atoms with Crippen LogP contribution >= 0.6 is 46.4 Å². The maximum absolute atomic E-state index is 13.1. The summed E-state index contributed by atoms with van der Waals surface area (Å²) in [6.45, 7) is 7.29. The van der Waals surface area contributed by atoms with Gasteiger partial charge in [-0.25, -0.2) is 35.9 Å². The molecule has 0 aliphatic carbocycles. The van der Waals surface area contributed by atoms with E-state index in [1.54, 1.807) is 48.5 Å². The number of nitrogens with zero attached hydrogens (tertiary/aromatic N) is 1. The van der Waals surface area contributed by atoms with E-state index in [0.29, 0.717) is 65.7 Å². The SMILES string of the molecule is CNCc1c(Cl)cc(Cl)cc1[C@@H](C)c1cccc(S(=O)(=O)NCCOCCOCCNC(=O)NCCCCNC(=O)NCCOCCOCCNS(=O)(=O)c2cccc([C@@H]3CN(C)Cc4c(Cl)cc(Cl)cc43)c2)c1. The van der Waals surface area contributed by atoms with Gasteiger partial charge in [0.05, 0.1) is 62.6 Å². The lowest BCUT2D eigenvalue weighted by molar-refractivity contribution is 0.0516. The fourth-order valence-corrected chi connectivity index (χ4v) is 11.4. The molecule has 4 aromatic rings. The third-order valence-corrected chi connectivity index (χ3v) is 15.8. The minimum atomic E-state index is -3.80. The second-order valence-corrected chi connectivity index (χ2v) is 22.6. The number of amides is 4. The van der Waals surface area contributed by atoms with Crippen LogP contribution in [0.2, 0.25) is 20.1 Å². The Morgan fingerprint density at radius 3 is 1.70 bits per heavy atom. The van der Waals surface area contributed by atoms with Gasteiger partial charge in [0, 0.05) is 90.8 Å². The predicted octanol–water partition coefficient (Wildman–Crippen LogP) is 6.45. The van der Waals surface area contributed by atoms with Gasteiger partial charge in [-0.3, -0.25) is 0 Å². The predicted molar refractivity (Wildman–Crippen MR) is 290 cm³/mol. The van der Waals surface area contributed by atoms with Crippen LogP contribution in [0.5, 0.6) is 0 Å². The minimum Gasteiger partial charge on any atom is -0.378 e. The average molecular weight is 1150 g/mol. The Balaban J connectivity index is 0.803. The number of likely N-dealkylation sites (N-methyl/N-ethyl adjacent to an activating group) is 1. The molecule has 0 radical (unpaired) electrons. The molecule has 1 aliphatic heterocycles. The zero-order valence-electron chi connectivity index (χ0n) is 41.9. The molecule has 0 saturated heterocycles. The Morgan fingerprint density at radius 1 is 0.635 bits per heavy atom. The summed E-state index contributed by atoms with van der Waals surface area (Å²) in [7, 11) is -3.77. The van der Waals surface area contributed by atoms with Crippen LogP contribution in [-0.2, 0) is 52.1 Å². The maximum atomic E-state index is 13.1. The number of urea groups is 2. The third kappa shape index (κ3) is 19.9. The number of ether oxygens (including phenoxy) is 4. The molecule has 0 fully saturated rings. The number of halogens is 4. The molecule has 0 unspecified atom stereocenters. The van der Waals surface area contributed by atoms with Crippen LogP contribution < -0.4 is 36.0 Å². The van der Waals surface area contributed by atoms with Crippen molar-refractivity contribution in [2.24, 2.45) is 0 Å². The number of benzene rings is 4. The molecule has 1 heterocycles. The number of carbonyl (C=O) groups excluding carboxylic acids is 2. The molecule has 24 heteroatoms. The van der Waals surface area contributed by atoms with Crippen LogP contribution in [0.1, 0.15) is 65.0 Å². The van der Waals surface area contributed by atoms with Crippen molar-refractivity contribution in [2.75, 3.05) is 113 Å². The van der Waals surface area contributed by atoms with E-state index in [4.69, 9.17) is 65.4 Å². The normalized spacial score (nSPS) is 14.3. The quantitative estimate of drug-likeness (QED) is 0.0262. The smallest absolute Gasteiger partial charge is 0.314 e. The standard InChI is InChI=1S/C50H68Cl4N8O10S2/c1-35(42-28-38(51)30-47(53)44(42)32-55-2)36-8-6-10-40(26-36)73(65,66)60-16-20-71-24-22-69-18-14-58-49(63)56-12-4-5-13-57-50(64)59-15-19-70-23-25-72-21-17-61-74(67,68)41-11-7-9-37(27-41)45-33-62(3)34-46-43(45)29-39(52)31-48(46)54/h6-11,26-31,35,45,55,60-61H,4-5,12-25,32-34H2,1-3H3,(H2,56,58,63)(H2,57,59,64)/t35-,45-/m0/s1. The Labute approximate surface area is 455 Å². The molecule has 2 atom stereocenters. The van der Waals surface area contributed by atoms with E-state index in [9.17, 15) is 26.4 Å². The fraction of sp³-hybridized carbons (Fsp3) is 0.480. The summed E-state index contributed by atoms with van der Waals surface area (Å²) in [6, 6.07) is 20.2. The molecule has 0 spiro atoms. The molecular weight excluding hydrogens is 1080 g/mol. The molecule has 4 aromatic carbocycles. The third-order valence-electron chi connectivity index (χ3n) is 11.8. The van der Waals surface area contributed by atoms with Crippen molar-refractivity contribution in [3.8, 4) is 0 Å². The van der Waals surface area contributed by atoms with E-state index in [1.165, 1.54) is 0 Å². The molecule has 1 aliphatic rings. The minimum absolute atomic E-state index is 0.0702. The molecule has 0 aromatic heterocycles. The number of hydrogen-bond donors (Lipinski definition) is 7. The van der Waals surface area contributed by atoms with Crippen molar-refractivity contribution in [3.05, 3.63) is 126 Å². The lowest BCUT2D eigenvalue weighted by Crippen LogP contribution is -2.39. The molecule has 5 rings (SSSR count). The van der Waals surface area contributed by atoms with Crippen LogP contribution in [0.4, 0.5) is 9.59 Å². The van der Waals surface area contributed by atoms with Gasteiger partial charge in [0.2, 0.25) is 20.0 Å². The lowest BCUT2D eigenvalue weighted by atomic mass is 9.85. The van der Waals surface area contributed by atoms with Gasteiger partial charge in [0.1, 0.15) is 0 Å². The highest BCUT2D eigenvalue weighted by Gasteiger charge is 2.28. The van der Waals surface area contributed by atoms with Crippen molar-refractivity contribution in [3.63, 3.8) is 0 Å². The second kappa shape index (κ2) is 31.4. The van der Waals surface area contributed by atoms with Crippen LogP contribution in [0.3, 0.4) is 0 Å². The molecule has 7 N–H and O–H groups in total. The number of fused-ring (bicyclic) bond motifs is 1. The Morgan fingerprint density at radius 2 is 1.14 bits per heavy atom. The van der Waals surface area contributed by atoms with Crippen molar-refractivity contribution >= 4 is 78.5 Å². The van der Waals surface area contributed by atoms with Gasteiger partial charge in [0.15, 0.2) is 0 Å². The molecule has 0 bridgehead atoms. The number of unbranched alkanes of at least 4 members (excludes halogenated alkanes) is 1. The topological polar surface area (TPSA) is 227 Å². The van der Waals surface area contributed by atoms with E-state index >= 15 is 0 Å². The van der Waals surface area contributed by atoms with Gasteiger partial charge >= 0.3 is 12.1 Å². The summed E-state index contributed by atoms with van der Waals surface area (Å²) in [5.74, 6) is -0.265. The molecule has 4 amide bonds. The Hall–Kier alpha value is -3.84. The van der Waals surface area contributed by atoms with E-state index < -0.39 is 20.0 Å². The first-order chi connectivity index (χ1) is 35.5. The van der Waals surface area contributed by atoms with Gasteiger partial charge in [-0.15, -0.1) is 0 Å². The summed E-state index contributed by atoms with van der Waals surface area (Å²) in [5.41, 5.74) is 5.44. The van der Waals surface area contributed by atoms with Crippen molar-refractivity contribution in [1.29, 1.82) is 0 Å². The zero-order valence-corrected chi connectivity index (χ0v) is 46.5. The summed E-state index contributed by atoms with van der Waals surface area (Å²) in [4.78, 5) is 26.6. The highest BCUT2D eigenvalue weighted by atomic mass is 35.5. The second-order valence-electron chi connectivity index (χ2n) is 17.4. The fourth-order valence-electron chi connectivity index (χ4n) is 8.09. The Bertz CT molecular complexity index is 2680. The monoisotopic (exact) mass is 1140 g/mol. The van der Waals surface area contributed by atoms with Crippen LogP contribution in [-0.4, -0.2) is 147 Å². The van der Waals surface area contributed by atoms with E-state index in [2.05, 4.69) is 40.9 Å². The van der Waals surface area contributed by atoms with Gasteiger partial charge in [-0.05, 0) is 109 Å². The summed E-state index contributed by atoms with van der Waals surface area (Å²) in [6.07, 6.45) is 1.30. The summed E-state index contributed by atoms with van der Waals surface area (Å²) < 4.78 is 79.6. The zero-order chi connectivity index (χ0) is 53.5. The van der Waals surface area contributed by atoms with Gasteiger partial charge in [-0.2, -0.15) is 0 Å². The van der Waals surface area contributed by atoms with Gasteiger partial charge in [-0.1, -0.05) is 77.6 Å². The van der Waals surface area contributed by atoms with E-state index in [-0.39, 0.29) is 113 Å². The van der Waals surface area contributed by atoms with Crippen LogP contribution in [0, 0.1) is 0 Å². The molecular formula is C50H68Cl4N8O10S2. The van der Waals surface area contributed by atoms with E-state index in [1.807, 2.05) is 45.3 Å². The van der Waals surface area contributed by atoms with Gasteiger partial charge in [0.25, 0.3) is 0 Å². The number of nitrogens with one attached hydrogen (secondary N) is 7. The van der Waals surface area contributed by atoms with Crippen LogP contribution in [0.25, 0.3) is 0 Å². The number of carbonyl (C=O) groups is 2. The molecule has 408 valence electrons. The molecule has 0 saturated carbocycles. The van der Waals surface area contributed by atoms with Gasteiger partial charge < -0.3 is 50.4 Å². The highest BCUT2D eigenvalue weighted by molar-refractivity contribution is 7.89. The summed E-state index contributed by atoms with van der Waals surface area (Å²) >= 11 is 25.6. The Kier molecular flexibility index (Phi) is 25.9. The van der Waals surface area contributed by atoms with Crippen molar-refractivity contribution in [2.45, 2.75) is 54.5 Å². The highest BCUT2D eigenvalue weighted by Crippen LogP contribution is 2.39. The van der Waals surface area contributed by atoms with Crippen molar-refractivity contribution < 1.29 is 45.4 Å². The van der Waals surface area contributed by atoms with Crippen LogP contribution in [0.15, 0.2) is 82.6 Å². The maximum Gasteiger partial charge on any atom is 0.314 e. The first kappa shape index (κ1) is 61.0. The van der Waals surface area contributed by atoms with E-state index in [0.717, 1.165) is 33.4 Å². The number of hydrogen-bond acceptors (Lipinski definition) is 12. The lowest BCUT2D eigenvalue weighted by Gasteiger charge is -2.33. The number of sulfonamides is 2. The number of rotatable bonds is 32. The molecule has 18 nitrogen and oxygen atoms in total. The first-order valence-corrected chi connectivity index (χ1v) is 28.8.